The summed E-state index contributed by atoms with van der Waals surface area (Å²) in [6, 6.07) is 32.5. The fourth-order valence-corrected chi connectivity index (χ4v) is 5.07. The van der Waals surface area contributed by atoms with Crippen LogP contribution >= 0.6 is 11.3 Å². The van der Waals surface area contributed by atoms with Gasteiger partial charge in [-0.15, -0.1) is 11.3 Å². The van der Waals surface area contributed by atoms with Crippen LogP contribution in [0.5, 0.6) is 11.5 Å². The number of carbonyl (C=O) groups is 2. The third-order valence-electron chi connectivity index (χ3n) is 6.12. The molecule has 1 amide bonds. The van der Waals surface area contributed by atoms with Gasteiger partial charge in [-0.2, -0.15) is 0 Å². The minimum absolute atomic E-state index is 0.0476. The monoisotopic (exact) mass is 564 g/mol. The van der Waals surface area contributed by atoms with E-state index in [2.05, 4.69) is 5.32 Å². The van der Waals surface area contributed by atoms with E-state index in [1.54, 1.807) is 24.3 Å². The number of esters is 1. The summed E-state index contributed by atoms with van der Waals surface area (Å²) in [6.45, 7) is 0.0565. The lowest BCUT2D eigenvalue weighted by Crippen LogP contribution is -2.21. The van der Waals surface area contributed by atoms with Crippen LogP contribution < -0.4 is 14.8 Å². The lowest BCUT2D eigenvalue weighted by molar-refractivity contribution is -0.146. The highest BCUT2D eigenvalue weighted by atomic mass is 32.1. The van der Waals surface area contributed by atoms with Crippen molar-refractivity contribution >= 4 is 50.8 Å². The summed E-state index contributed by atoms with van der Waals surface area (Å²) in [5.41, 5.74) is 4.02. The summed E-state index contributed by atoms with van der Waals surface area (Å²) in [5.74, 6) is 0.269. The van der Waals surface area contributed by atoms with Gasteiger partial charge in [-0.05, 0) is 59.2 Å². The van der Waals surface area contributed by atoms with Crippen LogP contribution in [0.3, 0.4) is 0 Å². The van der Waals surface area contributed by atoms with Crippen molar-refractivity contribution in [2.45, 2.75) is 13.0 Å². The van der Waals surface area contributed by atoms with E-state index in [1.165, 1.54) is 18.4 Å². The van der Waals surface area contributed by atoms with E-state index in [9.17, 15) is 9.59 Å². The topological polar surface area (TPSA) is 86.8 Å². The zero-order chi connectivity index (χ0) is 28.4. The summed E-state index contributed by atoms with van der Waals surface area (Å²) in [5, 5.41) is 3.42. The third-order valence-corrected chi connectivity index (χ3v) is 7.23. The van der Waals surface area contributed by atoms with E-state index < -0.39 is 18.5 Å². The Labute approximate surface area is 242 Å². The lowest BCUT2D eigenvalue weighted by atomic mass is 10.1. The number of ether oxygens (including phenoxy) is 3. The average molecular weight is 565 g/mol. The fraction of sp³-hybridized carbons (Fsp3) is 0.121. The predicted octanol–water partition coefficient (Wildman–Crippen LogP) is 7.00. The van der Waals surface area contributed by atoms with E-state index in [1.807, 2.05) is 84.9 Å². The molecule has 0 saturated heterocycles. The molecule has 1 N–H and O–H groups in total. The Morgan fingerprint density at radius 1 is 0.878 bits per heavy atom. The molecule has 1 aromatic heterocycles. The van der Waals surface area contributed by atoms with Gasteiger partial charge < -0.3 is 19.5 Å². The first-order valence-corrected chi connectivity index (χ1v) is 13.8. The number of rotatable bonds is 11. The van der Waals surface area contributed by atoms with Gasteiger partial charge in [0.15, 0.2) is 6.61 Å². The van der Waals surface area contributed by atoms with Crippen LogP contribution in [-0.4, -0.2) is 30.6 Å². The van der Waals surface area contributed by atoms with Crippen molar-refractivity contribution in [2.75, 3.05) is 19.0 Å². The summed E-state index contributed by atoms with van der Waals surface area (Å²) < 4.78 is 17.5. The molecule has 1 heterocycles. The first kappa shape index (κ1) is 27.6. The Hall–Kier alpha value is -4.95. The smallest absolute Gasteiger partial charge is 0.310 e. The molecule has 4 aromatic carbocycles. The van der Waals surface area contributed by atoms with Crippen molar-refractivity contribution in [3.05, 3.63) is 119 Å². The minimum atomic E-state index is -0.534. The van der Waals surface area contributed by atoms with E-state index in [4.69, 9.17) is 19.2 Å². The first-order valence-electron chi connectivity index (χ1n) is 13.0. The van der Waals surface area contributed by atoms with Gasteiger partial charge in [0.2, 0.25) is 0 Å². The molecule has 0 aliphatic heterocycles. The number of hydrogen-bond acceptors (Lipinski definition) is 7. The molecule has 0 radical (unpaired) electrons. The highest BCUT2D eigenvalue weighted by Crippen LogP contribution is 2.31. The molecule has 0 fully saturated rings. The molecule has 41 heavy (non-hydrogen) atoms. The van der Waals surface area contributed by atoms with E-state index >= 15 is 0 Å². The van der Waals surface area contributed by atoms with Gasteiger partial charge in [0.25, 0.3) is 5.91 Å². The van der Waals surface area contributed by atoms with Gasteiger partial charge in [0.05, 0.1) is 29.4 Å². The Morgan fingerprint density at radius 2 is 1.61 bits per heavy atom. The van der Waals surface area contributed by atoms with Crippen LogP contribution in [0.15, 0.2) is 103 Å². The van der Waals surface area contributed by atoms with Crippen molar-refractivity contribution in [1.29, 1.82) is 0 Å². The molecule has 5 rings (SSSR count). The van der Waals surface area contributed by atoms with Crippen molar-refractivity contribution in [2.24, 2.45) is 0 Å². The number of nitrogens with zero attached hydrogens (tertiary/aromatic N) is 1. The number of aromatic nitrogens is 1. The number of nitrogens with one attached hydrogen (secondary N) is 1. The molecule has 8 heteroatoms. The molecule has 5 aromatic rings. The van der Waals surface area contributed by atoms with Crippen LogP contribution in [0.1, 0.15) is 22.6 Å². The molecule has 7 nitrogen and oxygen atoms in total. The number of thiazole rings is 1. The van der Waals surface area contributed by atoms with Gasteiger partial charge in [0.1, 0.15) is 23.1 Å². The second-order valence-electron chi connectivity index (χ2n) is 9.09. The number of carbonyl (C=O) groups excluding carboxylic acids is 2. The number of methoxy groups -OCH3 is 1. The number of para-hydroxylation sites is 3. The standard InChI is InChI=1S/C33H28N2O5S/c1-38-29-13-7-5-11-27(29)34-31(36)22-40-32(37)20-25(33-35-28-12-6-8-14-30(28)41-33)19-23-15-17-26(18-16-23)39-21-24-9-3-2-4-10-24/h2-19H,20-22H2,1H3,(H,34,36). The first-order chi connectivity index (χ1) is 20.1. The second-order valence-corrected chi connectivity index (χ2v) is 10.1. The maximum Gasteiger partial charge on any atom is 0.310 e. The molecule has 0 spiro atoms. The maximum atomic E-state index is 12.9. The summed E-state index contributed by atoms with van der Waals surface area (Å²) >= 11 is 1.50. The van der Waals surface area contributed by atoms with Crippen LogP contribution in [-0.2, 0) is 20.9 Å². The van der Waals surface area contributed by atoms with Crippen LogP contribution in [0.4, 0.5) is 5.69 Å². The number of amides is 1. The zero-order valence-corrected chi connectivity index (χ0v) is 23.2. The second kappa shape index (κ2) is 13.4. The summed E-state index contributed by atoms with van der Waals surface area (Å²) in [7, 11) is 1.52. The fourth-order valence-electron chi connectivity index (χ4n) is 4.09. The van der Waals surface area contributed by atoms with Gasteiger partial charge in [0, 0.05) is 0 Å². The Balaban J connectivity index is 1.28. The number of hydrogen-bond donors (Lipinski definition) is 1. The molecule has 0 atom stereocenters. The molecular formula is C33H28N2O5S. The normalized spacial score (nSPS) is 11.2. The number of fused-ring (bicyclic) bond motifs is 1. The van der Waals surface area contributed by atoms with Crippen LogP contribution in [0.2, 0.25) is 0 Å². The van der Waals surface area contributed by atoms with Crippen molar-refractivity contribution in [3.8, 4) is 11.5 Å². The third kappa shape index (κ3) is 7.58. The Morgan fingerprint density at radius 3 is 2.39 bits per heavy atom. The van der Waals surface area contributed by atoms with E-state index in [0.29, 0.717) is 28.6 Å². The van der Waals surface area contributed by atoms with Crippen molar-refractivity contribution in [3.63, 3.8) is 0 Å². The molecule has 0 aliphatic carbocycles. The maximum absolute atomic E-state index is 12.9. The van der Waals surface area contributed by atoms with E-state index in [-0.39, 0.29) is 6.42 Å². The minimum Gasteiger partial charge on any atom is -0.495 e. The highest BCUT2D eigenvalue weighted by Gasteiger charge is 2.16. The number of anilines is 1. The molecule has 0 saturated carbocycles. The lowest BCUT2D eigenvalue weighted by Gasteiger charge is -2.10. The van der Waals surface area contributed by atoms with Gasteiger partial charge in [-0.25, -0.2) is 4.98 Å². The van der Waals surface area contributed by atoms with Gasteiger partial charge in [-0.3, -0.25) is 9.59 Å². The van der Waals surface area contributed by atoms with Crippen molar-refractivity contribution in [1.82, 2.24) is 4.98 Å². The predicted molar refractivity (Wildman–Crippen MR) is 162 cm³/mol. The SMILES string of the molecule is COc1ccccc1NC(=O)COC(=O)CC(=Cc1ccc(OCc2ccccc2)cc1)c1nc2ccccc2s1. The molecular weight excluding hydrogens is 536 g/mol. The van der Waals surface area contributed by atoms with Gasteiger partial charge >= 0.3 is 5.97 Å². The zero-order valence-electron chi connectivity index (χ0n) is 22.4. The molecule has 0 unspecified atom stereocenters. The largest absolute Gasteiger partial charge is 0.495 e. The van der Waals surface area contributed by atoms with E-state index in [0.717, 1.165) is 27.1 Å². The molecule has 0 bridgehead atoms. The highest BCUT2D eigenvalue weighted by molar-refractivity contribution is 7.19. The summed E-state index contributed by atoms with van der Waals surface area (Å²) in [6.07, 6.45) is 1.86. The average Bonchev–Trinajstić information content (AvgIpc) is 3.45. The Bertz CT molecular complexity index is 1630. The quantitative estimate of drug-likeness (QED) is 0.174. The molecule has 206 valence electrons. The summed E-state index contributed by atoms with van der Waals surface area (Å²) in [4.78, 5) is 30.1. The van der Waals surface area contributed by atoms with Crippen molar-refractivity contribution < 1.29 is 23.8 Å². The Kier molecular flexibility index (Phi) is 9.03. The molecule has 0 aliphatic rings. The van der Waals surface area contributed by atoms with Crippen LogP contribution in [0, 0.1) is 0 Å². The van der Waals surface area contributed by atoms with Crippen LogP contribution in [0.25, 0.3) is 21.9 Å². The van der Waals surface area contributed by atoms with Gasteiger partial charge in [-0.1, -0.05) is 66.7 Å². The number of benzene rings is 4.